The number of anilines is 1. The maximum absolute atomic E-state index is 12.2. The van der Waals surface area contributed by atoms with E-state index in [1.54, 1.807) is 5.38 Å². The van der Waals surface area contributed by atoms with Crippen molar-refractivity contribution in [2.24, 2.45) is 5.14 Å². The lowest BCUT2D eigenvalue weighted by molar-refractivity contribution is -0.136. The van der Waals surface area contributed by atoms with Gasteiger partial charge in [-0.05, 0) is 29.6 Å². The van der Waals surface area contributed by atoms with Gasteiger partial charge in [0, 0.05) is 10.6 Å². The summed E-state index contributed by atoms with van der Waals surface area (Å²) in [4.78, 5) is 23.2. The number of carbonyl (C=O) groups is 2. The maximum atomic E-state index is 12.2. The van der Waals surface area contributed by atoms with Crippen LogP contribution in [-0.4, -0.2) is 25.4 Å². The lowest BCUT2D eigenvalue weighted by Crippen LogP contribution is -2.15. The Morgan fingerprint density at radius 1 is 1.27 bits per heavy atom. The molecule has 0 saturated heterocycles. The van der Waals surface area contributed by atoms with Crippen molar-refractivity contribution in [1.82, 2.24) is 0 Å². The minimum atomic E-state index is -3.87. The zero-order valence-electron chi connectivity index (χ0n) is 11.1. The third kappa shape index (κ3) is 3.91. The first-order valence-electron chi connectivity index (χ1n) is 6.00. The molecule has 1 aromatic carbocycles. The Bertz CT molecular complexity index is 826. The van der Waals surface area contributed by atoms with E-state index in [9.17, 15) is 18.0 Å². The molecule has 0 bridgehead atoms. The van der Waals surface area contributed by atoms with Crippen LogP contribution in [0, 0.1) is 0 Å². The Hall–Kier alpha value is -2.23. The van der Waals surface area contributed by atoms with Gasteiger partial charge in [-0.25, -0.2) is 13.6 Å². The van der Waals surface area contributed by atoms with Gasteiger partial charge in [-0.2, -0.15) is 0 Å². The molecule has 2 aromatic rings. The molecule has 1 amide bonds. The lowest BCUT2D eigenvalue weighted by atomic mass is 10.2. The number of benzene rings is 1. The van der Waals surface area contributed by atoms with Crippen LogP contribution in [0.5, 0.6) is 0 Å². The number of primary sulfonamides is 1. The smallest absolute Gasteiger partial charge is 0.308 e. The highest BCUT2D eigenvalue weighted by molar-refractivity contribution is 7.89. The number of hydrogen-bond acceptors (Lipinski definition) is 5. The molecule has 1 heterocycles. The van der Waals surface area contributed by atoms with E-state index in [1.165, 1.54) is 41.7 Å². The predicted octanol–water partition coefficient (Wildman–Crippen LogP) is 1.27. The van der Waals surface area contributed by atoms with E-state index in [0.29, 0.717) is 4.88 Å². The summed E-state index contributed by atoms with van der Waals surface area (Å²) < 4.78 is 22.6. The number of hydrogen-bond donors (Lipinski definition) is 3. The standard InChI is InChI=1S/C13H12N2O5S2/c14-22(19,20)9-3-1-2-8(6-9)15-13(18)10-4-5-21-11(10)7-12(16)17/h1-6H,7H2,(H,15,18)(H,16,17)(H2,14,19,20). The van der Waals surface area contributed by atoms with Crippen LogP contribution < -0.4 is 10.5 Å². The zero-order chi connectivity index (χ0) is 16.3. The first-order valence-corrected chi connectivity index (χ1v) is 8.42. The highest BCUT2D eigenvalue weighted by atomic mass is 32.2. The number of carboxylic acid groups (broad SMARTS) is 1. The fourth-order valence-electron chi connectivity index (χ4n) is 1.77. The van der Waals surface area contributed by atoms with Crippen LogP contribution in [0.25, 0.3) is 0 Å². The van der Waals surface area contributed by atoms with Crippen molar-refractivity contribution in [1.29, 1.82) is 0 Å². The van der Waals surface area contributed by atoms with Crippen molar-refractivity contribution in [3.63, 3.8) is 0 Å². The van der Waals surface area contributed by atoms with E-state index >= 15 is 0 Å². The van der Waals surface area contributed by atoms with Gasteiger partial charge in [-0.15, -0.1) is 11.3 Å². The summed E-state index contributed by atoms with van der Waals surface area (Å²) in [6.45, 7) is 0. The molecule has 0 atom stereocenters. The number of sulfonamides is 1. The van der Waals surface area contributed by atoms with Crippen LogP contribution in [0.2, 0.25) is 0 Å². The second-order valence-corrected chi connectivity index (χ2v) is 6.92. The Morgan fingerprint density at radius 2 is 2.00 bits per heavy atom. The van der Waals surface area contributed by atoms with Crippen LogP contribution in [0.1, 0.15) is 15.2 Å². The van der Waals surface area contributed by atoms with Crippen LogP contribution in [-0.2, 0) is 21.2 Å². The van der Waals surface area contributed by atoms with Crippen molar-refractivity contribution in [2.45, 2.75) is 11.3 Å². The van der Waals surface area contributed by atoms with Gasteiger partial charge in [-0.3, -0.25) is 9.59 Å². The van der Waals surface area contributed by atoms with Crippen LogP contribution in [0.3, 0.4) is 0 Å². The van der Waals surface area contributed by atoms with Gasteiger partial charge in [-0.1, -0.05) is 6.07 Å². The Labute approximate surface area is 130 Å². The highest BCUT2D eigenvalue weighted by Gasteiger charge is 2.16. The minimum absolute atomic E-state index is 0.124. The predicted molar refractivity (Wildman–Crippen MR) is 81.4 cm³/mol. The number of amides is 1. The summed E-state index contributed by atoms with van der Waals surface area (Å²) in [6.07, 6.45) is -0.252. The summed E-state index contributed by atoms with van der Waals surface area (Å²) in [5.41, 5.74) is 0.498. The van der Waals surface area contributed by atoms with Gasteiger partial charge >= 0.3 is 5.97 Å². The zero-order valence-corrected chi connectivity index (χ0v) is 12.8. The van der Waals surface area contributed by atoms with Crippen molar-refractivity contribution < 1.29 is 23.1 Å². The third-order valence-electron chi connectivity index (χ3n) is 2.72. The molecule has 0 saturated carbocycles. The average molecular weight is 340 g/mol. The number of carboxylic acids is 1. The molecule has 0 spiro atoms. The quantitative estimate of drug-likeness (QED) is 0.755. The first kappa shape index (κ1) is 16.1. The topological polar surface area (TPSA) is 127 Å². The molecule has 0 aliphatic rings. The SMILES string of the molecule is NS(=O)(=O)c1cccc(NC(=O)c2ccsc2CC(=O)O)c1. The van der Waals surface area contributed by atoms with Gasteiger partial charge in [0.25, 0.3) is 5.91 Å². The average Bonchev–Trinajstić information content (AvgIpc) is 2.85. The number of carbonyl (C=O) groups excluding carboxylic acids is 1. The van der Waals surface area contributed by atoms with Crippen molar-refractivity contribution in [2.75, 3.05) is 5.32 Å². The van der Waals surface area contributed by atoms with Crippen molar-refractivity contribution >= 4 is 38.9 Å². The second-order valence-electron chi connectivity index (χ2n) is 4.35. The normalized spacial score (nSPS) is 11.1. The van der Waals surface area contributed by atoms with Gasteiger partial charge in [0.05, 0.1) is 16.9 Å². The summed E-state index contributed by atoms with van der Waals surface area (Å²) in [6, 6.07) is 7.01. The minimum Gasteiger partial charge on any atom is -0.481 e. The monoisotopic (exact) mass is 340 g/mol. The fraction of sp³-hybridized carbons (Fsp3) is 0.0769. The molecule has 2 rings (SSSR count). The first-order chi connectivity index (χ1) is 10.3. The lowest BCUT2D eigenvalue weighted by Gasteiger charge is -2.07. The molecule has 0 fully saturated rings. The van der Waals surface area contributed by atoms with E-state index in [4.69, 9.17) is 10.2 Å². The van der Waals surface area contributed by atoms with Crippen LogP contribution >= 0.6 is 11.3 Å². The van der Waals surface area contributed by atoms with E-state index in [-0.39, 0.29) is 22.6 Å². The molecule has 1 aromatic heterocycles. The molecule has 4 N–H and O–H groups in total. The number of nitrogens with two attached hydrogens (primary N) is 1. The molecular weight excluding hydrogens is 328 g/mol. The van der Waals surface area contributed by atoms with Crippen molar-refractivity contribution in [3.05, 3.63) is 46.2 Å². The molecule has 22 heavy (non-hydrogen) atoms. The number of nitrogens with one attached hydrogen (secondary N) is 1. The molecule has 7 nitrogen and oxygen atoms in total. The molecular formula is C13H12N2O5S2. The van der Waals surface area contributed by atoms with Crippen LogP contribution in [0.15, 0.2) is 40.6 Å². The van der Waals surface area contributed by atoms with Crippen molar-refractivity contribution in [3.8, 4) is 0 Å². The number of thiophene rings is 1. The number of aliphatic carboxylic acids is 1. The van der Waals surface area contributed by atoms with E-state index < -0.39 is 21.9 Å². The Balaban J connectivity index is 2.23. The summed E-state index contributed by atoms with van der Waals surface area (Å²) in [7, 11) is -3.87. The maximum Gasteiger partial charge on any atom is 0.308 e. The van der Waals surface area contributed by atoms with Gasteiger partial charge in [0.2, 0.25) is 10.0 Å². The fourth-order valence-corrected chi connectivity index (χ4v) is 3.19. The second kappa shape index (κ2) is 6.26. The molecule has 0 radical (unpaired) electrons. The number of rotatable bonds is 5. The van der Waals surface area contributed by atoms with Gasteiger partial charge in [0.15, 0.2) is 0 Å². The van der Waals surface area contributed by atoms with Gasteiger partial charge < -0.3 is 10.4 Å². The van der Waals surface area contributed by atoms with E-state index in [2.05, 4.69) is 5.32 Å². The third-order valence-corrected chi connectivity index (χ3v) is 4.55. The van der Waals surface area contributed by atoms with E-state index in [0.717, 1.165) is 0 Å². The molecule has 0 aliphatic heterocycles. The molecule has 0 aliphatic carbocycles. The summed E-state index contributed by atoms with van der Waals surface area (Å²) >= 11 is 1.17. The van der Waals surface area contributed by atoms with Crippen LogP contribution in [0.4, 0.5) is 5.69 Å². The Morgan fingerprint density at radius 3 is 2.64 bits per heavy atom. The van der Waals surface area contributed by atoms with E-state index in [1.807, 2.05) is 0 Å². The van der Waals surface area contributed by atoms with Gasteiger partial charge in [0.1, 0.15) is 0 Å². The summed E-state index contributed by atoms with van der Waals surface area (Å²) in [5.74, 6) is -1.54. The molecule has 9 heteroatoms. The largest absolute Gasteiger partial charge is 0.481 e. The molecule has 0 unspecified atom stereocenters. The molecule has 116 valence electrons. The summed E-state index contributed by atoms with van der Waals surface area (Å²) in [5, 5.41) is 18.0. The Kier molecular flexibility index (Phi) is 4.59. The highest BCUT2D eigenvalue weighted by Crippen LogP contribution is 2.20.